The Labute approximate surface area is 120 Å². The highest BCUT2D eigenvalue weighted by Crippen LogP contribution is 2.24. The first-order valence-corrected chi connectivity index (χ1v) is 7.46. The van der Waals surface area contributed by atoms with Crippen molar-refractivity contribution in [2.24, 2.45) is 5.73 Å². The lowest BCUT2D eigenvalue weighted by Gasteiger charge is -2.07. The van der Waals surface area contributed by atoms with E-state index in [-0.39, 0.29) is 27.9 Å². The van der Waals surface area contributed by atoms with E-state index in [2.05, 4.69) is 4.72 Å². The molecule has 0 aliphatic rings. The maximum Gasteiger partial charge on any atom is 0.265 e. The highest BCUT2D eigenvalue weighted by Gasteiger charge is 2.21. The molecule has 0 unspecified atom stereocenters. The van der Waals surface area contributed by atoms with Crippen LogP contribution in [0.5, 0.6) is 0 Å². The van der Waals surface area contributed by atoms with Crippen molar-refractivity contribution in [1.82, 2.24) is 0 Å². The summed E-state index contributed by atoms with van der Waals surface area (Å²) < 4.78 is 45.0. The molecule has 0 saturated carbocycles. The largest absolute Gasteiger partial charge is 0.464 e. The van der Waals surface area contributed by atoms with Crippen molar-refractivity contribution in [3.63, 3.8) is 0 Å². The normalized spacial score (nSPS) is 11.6. The van der Waals surface area contributed by atoms with Crippen molar-refractivity contribution in [3.05, 3.63) is 46.6 Å². The van der Waals surface area contributed by atoms with Crippen LogP contribution in [0, 0.1) is 12.7 Å². The first kappa shape index (κ1) is 14.8. The Bertz CT molecular complexity index is 723. The van der Waals surface area contributed by atoms with Crippen LogP contribution in [-0.4, -0.2) is 8.42 Å². The van der Waals surface area contributed by atoms with Gasteiger partial charge in [-0.1, -0.05) is 11.6 Å². The van der Waals surface area contributed by atoms with Crippen LogP contribution in [0.3, 0.4) is 0 Å². The van der Waals surface area contributed by atoms with E-state index in [1.807, 2.05) is 0 Å². The Morgan fingerprint density at radius 3 is 2.60 bits per heavy atom. The minimum absolute atomic E-state index is 0.0323. The van der Waals surface area contributed by atoms with E-state index in [0.29, 0.717) is 5.76 Å². The number of anilines is 1. The standard InChI is InChI=1S/C12H12ClFN2O3S/c1-7-12(5-11(6-15)19-7)20(17,18)16-10-3-8(13)2-9(14)4-10/h2-5,16H,6,15H2,1H3. The quantitative estimate of drug-likeness (QED) is 0.907. The van der Waals surface area contributed by atoms with Gasteiger partial charge in [-0.05, 0) is 25.1 Å². The van der Waals surface area contributed by atoms with Crippen LogP contribution < -0.4 is 10.5 Å². The van der Waals surface area contributed by atoms with E-state index in [0.717, 1.165) is 12.1 Å². The molecule has 2 aromatic rings. The van der Waals surface area contributed by atoms with Gasteiger partial charge < -0.3 is 10.2 Å². The van der Waals surface area contributed by atoms with Gasteiger partial charge in [0.15, 0.2) is 0 Å². The lowest BCUT2D eigenvalue weighted by atomic mass is 10.3. The Balaban J connectivity index is 2.37. The summed E-state index contributed by atoms with van der Waals surface area (Å²) in [5, 5.41) is 0.0919. The molecule has 1 aromatic carbocycles. The lowest BCUT2D eigenvalue weighted by molar-refractivity contribution is 0.479. The third kappa shape index (κ3) is 3.12. The molecule has 5 nitrogen and oxygen atoms in total. The number of hydrogen-bond donors (Lipinski definition) is 2. The number of nitrogens with two attached hydrogens (primary N) is 1. The second-order valence-electron chi connectivity index (χ2n) is 4.10. The number of aryl methyl sites for hydroxylation is 1. The van der Waals surface area contributed by atoms with Gasteiger partial charge in [0.2, 0.25) is 0 Å². The van der Waals surface area contributed by atoms with Gasteiger partial charge in [0.05, 0.1) is 12.2 Å². The molecule has 20 heavy (non-hydrogen) atoms. The maximum absolute atomic E-state index is 13.2. The second-order valence-corrected chi connectivity index (χ2v) is 6.19. The van der Waals surface area contributed by atoms with E-state index < -0.39 is 15.8 Å². The molecule has 1 heterocycles. The Morgan fingerprint density at radius 2 is 2.05 bits per heavy atom. The monoisotopic (exact) mass is 318 g/mol. The van der Waals surface area contributed by atoms with Crippen molar-refractivity contribution in [2.45, 2.75) is 18.4 Å². The number of sulfonamides is 1. The number of nitrogens with one attached hydrogen (secondary N) is 1. The van der Waals surface area contributed by atoms with Gasteiger partial charge in [-0.3, -0.25) is 4.72 Å². The smallest absolute Gasteiger partial charge is 0.265 e. The molecule has 0 fully saturated rings. The number of hydrogen-bond acceptors (Lipinski definition) is 4. The topological polar surface area (TPSA) is 85.3 Å². The average molecular weight is 319 g/mol. The van der Waals surface area contributed by atoms with Crippen molar-refractivity contribution < 1.29 is 17.2 Å². The van der Waals surface area contributed by atoms with Gasteiger partial charge in [0, 0.05) is 11.1 Å². The van der Waals surface area contributed by atoms with Gasteiger partial charge in [-0.15, -0.1) is 0 Å². The summed E-state index contributed by atoms with van der Waals surface area (Å²) in [6.07, 6.45) is 0. The van der Waals surface area contributed by atoms with Crippen LogP contribution in [0.1, 0.15) is 11.5 Å². The number of rotatable bonds is 4. The number of benzene rings is 1. The van der Waals surface area contributed by atoms with E-state index >= 15 is 0 Å². The minimum Gasteiger partial charge on any atom is -0.464 e. The van der Waals surface area contributed by atoms with Gasteiger partial charge >= 0.3 is 0 Å². The summed E-state index contributed by atoms with van der Waals surface area (Å²) >= 11 is 5.67. The number of halogens is 2. The van der Waals surface area contributed by atoms with Crippen molar-refractivity contribution in [3.8, 4) is 0 Å². The Kier molecular flexibility index (Phi) is 4.03. The second kappa shape index (κ2) is 5.43. The van der Waals surface area contributed by atoms with E-state index in [1.54, 1.807) is 0 Å². The molecule has 0 aliphatic carbocycles. The average Bonchev–Trinajstić information content (AvgIpc) is 2.69. The molecule has 8 heteroatoms. The summed E-state index contributed by atoms with van der Waals surface area (Å²) in [7, 11) is -3.89. The highest BCUT2D eigenvalue weighted by molar-refractivity contribution is 7.92. The van der Waals surface area contributed by atoms with Crippen LogP contribution in [-0.2, 0) is 16.6 Å². The predicted molar refractivity (Wildman–Crippen MR) is 73.6 cm³/mol. The Hall–Kier alpha value is -1.57. The van der Waals surface area contributed by atoms with Crippen molar-refractivity contribution >= 4 is 27.3 Å². The van der Waals surface area contributed by atoms with Crippen LogP contribution in [0.2, 0.25) is 5.02 Å². The molecular formula is C12H12ClFN2O3S. The Morgan fingerprint density at radius 1 is 1.35 bits per heavy atom. The highest BCUT2D eigenvalue weighted by atomic mass is 35.5. The zero-order chi connectivity index (χ0) is 14.9. The van der Waals surface area contributed by atoms with Gasteiger partial charge in [0.1, 0.15) is 22.2 Å². The lowest BCUT2D eigenvalue weighted by Crippen LogP contribution is -2.13. The molecular weight excluding hydrogens is 307 g/mol. The molecule has 0 spiro atoms. The van der Waals surface area contributed by atoms with Crippen LogP contribution in [0.25, 0.3) is 0 Å². The fourth-order valence-electron chi connectivity index (χ4n) is 1.71. The fraction of sp³-hybridized carbons (Fsp3) is 0.167. The number of furan rings is 1. The predicted octanol–water partition coefficient (Wildman–Crippen LogP) is 2.64. The van der Waals surface area contributed by atoms with Crippen LogP contribution in [0.15, 0.2) is 33.6 Å². The van der Waals surface area contributed by atoms with Crippen LogP contribution >= 0.6 is 11.6 Å². The molecule has 108 valence electrons. The first-order valence-electron chi connectivity index (χ1n) is 5.60. The summed E-state index contributed by atoms with van der Waals surface area (Å²) in [6.45, 7) is 1.59. The molecule has 0 aliphatic heterocycles. The SMILES string of the molecule is Cc1oc(CN)cc1S(=O)(=O)Nc1cc(F)cc(Cl)c1. The molecule has 1 aromatic heterocycles. The third-order valence-corrected chi connectivity index (χ3v) is 4.24. The van der Waals surface area contributed by atoms with Crippen LogP contribution in [0.4, 0.5) is 10.1 Å². The molecule has 0 atom stereocenters. The van der Waals surface area contributed by atoms with E-state index in [4.69, 9.17) is 21.8 Å². The third-order valence-electron chi connectivity index (χ3n) is 2.53. The zero-order valence-corrected chi connectivity index (χ0v) is 12.1. The molecule has 3 N–H and O–H groups in total. The molecule has 0 bridgehead atoms. The molecule has 0 radical (unpaired) electrons. The van der Waals surface area contributed by atoms with Crippen molar-refractivity contribution in [1.29, 1.82) is 0 Å². The molecule has 2 rings (SSSR count). The van der Waals surface area contributed by atoms with Crippen molar-refractivity contribution in [2.75, 3.05) is 4.72 Å². The summed E-state index contributed by atoms with van der Waals surface area (Å²) in [5.41, 5.74) is 5.42. The summed E-state index contributed by atoms with van der Waals surface area (Å²) in [4.78, 5) is -0.0432. The molecule has 0 saturated heterocycles. The van der Waals surface area contributed by atoms with Gasteiger partial charge in [-0.2, -0.15) is 0 Å². The first-order chi connectivity index (χ1) is 9.31. The van der Waals surface area contributed by atoms with E-state index in [9.17, 15) is 12.8 Å². The summed E-state index contributed by atoms with van der Waals surface area (Å²) in [5.74, 6) is -0.0811. The summed E-state index contributed by atoms with van der Waals surface area (Å²) in [6, 6.07) is 4.75. The fourth-order valence-corrected chi connectivity index (χ4v) is 3.18. The van der Waals surface area contributed by atoms with E-state index in [1.165, 1.54) is 19.1 Å². The zero-order valence-electron chi connectivity index (χ0n) is 10.5. The maximum atomic E-state index is 13.2. The molecule has 0 amide bonds. The van der Waals surface area contributed by atoms with Gasteiger partial charge in [-0.25, -0.2) is 12.8 Å². The van der Waals surface area contributed by atoms with Gasteiger partial charge in [0.25, 0.3) is 10.0 Å². The minimum atomic E-state index is -3.89.